The molecule has 2 rings (SSSR count). The minimum Gasteiger partial charge on any atom is -0.341 e. The number of likely N-dealkylation sites (tertiary alicyclic amines) is 1. The molecule has 1 aliphatic heterocycles. The summed E-state index contributed by atoms with van der Waals surface area (Å²) in [6, 6.07) is 2.28. The molecule has 1 aliphatic rings. The van der Waals surface area contributed by atoms with E-state index < -0.39 is 0 Å². The Bertz CT molecular complexity index is 446. The van der Waals surface area contributed by atoms with Crippen LogP contribution in [0.3, 0.4) is 0 Å². The summed E-state index contributed by atoms with van der Waals surface area (Å²) >= 11 is 5.20. The van der Waals surface area contributed by atoms with E-state index in [1.54, 1.807) is 11.3 Å². The first-order valence-corrected chi connectivity index (χ1v) is 8.40. The zero-order valence-corrected chi connectivity index (χ0v) is 13.8. The van der Waals surface area contributed by atoms with E-state index in [0.29, 0.717) is 12.5 Å². The Morgan fingerprint density at radius 1 is 1.58 bits per heavy atom. The number of rotatable bonds is 3. The van der Waals surface area contributed by atoms with Gasteiger partial charge in [-0.25, -0.2) is 0 Å². The van der Waals surface area contributed by atoms with Crippen molar-refractivity contribution in [3.63, 3.8) is 0 Å². The van der Waals surface area contributed by atoms with Gasteiger partial charge < -0.3 is 10.6 Å². The Kier molecular flexibility index (Phi) is 5.03. The molecule has 2 heterocycles. The van der Waals surface area contributed by atoms with Gasteiger partial charge in [-0.15, -0.1) is 11.3 Å². The molecule has 2 atom stereocenters. The van der Waals surface area contributed by atoms with Crippen LogP contribution < -0.4 is 5.73 Å². The fourth-order valence-electron chi connectivity index (χ4n) is 2.73. The van der Waals surface area contributed by atoms with Gasteiger partial charge in [-0.3, -0.25) is 4.79 Å². The number of hydrogen-bond donors (Lipinski definition) is 1. The molecule has 2 unspecified atom stereocenters. The lowest BCUT2D eigenvalue weighted by Crippen LogP contribution is -2.51. The maximum absolute atomic E-state index is 12.1. The Balaban J connectivity index is 1.99. The number of halogens is 1. The molecule has 0 aromatic carbocycles. The third-order valence-electron chi connectivity index (χ3n) is 3.52. The van der Waals surface area contributed by atoms with Crippen LogP contribution in [0.2, 0.25) is 0 Å². The molecule has 0 spiro atoms. The van der Waals surface area contributed by atoms with Gasteiger partial charge in [0.25, 0.3) is 0 Å². The van der Waals surface area contributed by atoms with Crippen LogP contribution in [0.1, 0.15) is 25.8 Å². The number of thiophene rings is 1. The van der Waals surface area contributed by atoms with E-state index in [0.717, 1.165) is 23.2 Å². The van der Waals surface area contributed by atoms with E-state index >= 15 is 0 Å². The molecule has 2 N–H and O–H groups in total. The van der Waals surface area contributed by atoms with Crippen molar-refractivity contribution in [2.75, 3.05) is 13.1 Å². The predicted molar refractivity (Wildman–Crippen MR) is 83.2 cm³/mol. The fraction of sp³-hybridized carbons (Fsp3) is 0.643. The van der Waals surface area contributed by atoms with Gasteiger partial charge >= 0.3 is 0 Å². The Morgan fingerprint density at radius 3 is 2.89 bits per heavy atom. The fourth-order valence-corrected chi connectivity index (χ4v) is 3.95. The summed E-state index contributed by atoms with van der Waals surface area (Å²) in [5.41, 5.74) is 7.45. The minimum atomic E-state index is 0.0567. The van der Waals surface area contributed by atoms with Gasteiger partial charge in [0.05, 0.1) is 3.79 Å². The molecule has 1 saturated heterocycles. The molecule has 106 valence electrons. The second-order valence-corrected chi connectivity index (χ2v) is 8.01. The molecule has 1 aromatic heterocycles. The number of nitrogens with zero attached hydrogens (tertiary/aromatic N) is 1. The summed E-state index contributed by atoms with van der Waals surface area (Å²) in [6.07, 6.45) is 2.02. The molecule has 0 radical (unpaired) electrons. The van der Waals surface area contributed by atoms with Gasteiger partial charge in [-0.05, 0) is 51.7 Å². The number of carbonyl (C=O) groups excluding carboxylic acids is 1. The van der Waals surface area contributed by atoms with Crippen molar-refractivity contribution in [2.45, 2.75) is 32.7 Å². The predicted octanol–water partition coefficient (Wildman–Crippen LogP) is 2.88. The van der Waals surface area contributed by atoms with E-state index in [-0.39, 0.29) is 17.9 Å². The molecule has 1 fully saturated rings. The zero-order valence-electron chi connectivity index (χ0n) is 11.4. The maximum atomic E-state index is 12.1. The van der Waals surface area contributed by atoms with Crippen LogP contribution in [-0.4, -0.2) is 29.9 Å². The SMILES string of the molecule is CC(C)C(=O)N1CC(N)CC(Cc2csc(Br)c2)C1. The largest absolute Gasteiger partial charge is 0.341 e. The summed E-state index contributed by atoms with van der Waals surface area (Å²) in [6.45, 7) is 5.46. The summed E-state index contributed by atoms with van der Waals surface area (Å²) in [5.74, 6) is 0.765. The van der Waals surface area contributed by atoms with E-state index in [9.17, 15) is 4.79 Å². The minimum absolute atomic E-state index is 0.0567. The molecular formula is C14H21BrN2OS. The Labute approximate surface area is 127 Å². The monoisotopic (exact) mass is 344 g/mol. The van der Waals surface area contributed by atoms with E-state index in [1.807, 2.05) is 18.7 Å². The van der Waals surface area contributed by atoms with Gasteiger partial charge in [0.1, 0.15) is 0 Å². The molecule has 1 amide bonds. The van der Waals surface area contributed by atoms with Crippen molar-refractivity contribution in [1.29, 1.82) is 0 Å². The molecule has 19 heavy (non-hydrogen) atoms. The summed E-state index contributed by atoms with van der Waals surface area (Å²) in [7, 11) is 0. The lowest BCUT2D eigenvalue weighted by molar-refractivity contribution is -0.136. The molecule has 0 saturated carbocycles. The highest BCUT2D eigenvalue weighted by molar-refractivity contribution is 9.11. The number of carbonyl (C=O) groups is 1. The summed E-state index contributed by atoms with van der Waals surface area (Å²) in [4.78, 5) is 14.1. The quantitative estimate of drug-likeness (QED) is 0.916. The standard InChI is InChI=1S/C14H21BrN2OS/c1-9(2)14(18)17-6-10(4-12(16)7-17)3-11-5-13(15)19-8-11/h5,8-10,12H,3-4,6-7,16H2,1-2H3. The highest BCUT2D eigenvalue weighted by Gasteiger charge is 2.29. The van der Waals surface area contributed by atoms with Crippen LogP contribution in [0.5, 0.6) is 0 Å². The molecule has 0 aliphatic carbocycles. The van der Waals surface area contributed by atoms with Crippen molar-refractivity contribution < 1.29 is 4.79 Å². The number of nitrogens with two attached hydrogens (primary N) is 1. The molecule has 5 heteroatoms. The smallest absolute Gasteiger partial charge is 0.225 e. The van der Waals surface area contributed by atoms with Crippen molar-refractivity contribution >= 4 is 33.2 Å². The van der Waals surface area contributed by atoms with E-state index in [1.165, 1.54) is 5.56 Å². The molecule has 3 nitrogen and oxygen atoms in total. The number of hydrogen-bond acceptors (Lipinski definition) is 3. The van der Waals surface area contributed by atoms with Gasteiger partial charge in [-0.1, -0.05) is 13.8 Å². The average molecular weight is 345 g/mol. The third-order valence-corrected chi connectivity index (χ3v) is 5.07. The van der Waals surface area contributed by atoms with Gasteiger partial charge in [0.15, 0.2) is 0 Å². The number of amides is 1. The highest BCUT2D eigenvalue weighted by Crippen LogP contribution is 2.26. The zero-order chi connectivity index (χ0) is 14.0. The second kappa shape index (κ2) is 6.37. The molecule has 0 bridgehead atoms. The molecule has 1 aromatic rings. The maximum Gasteiger partial charge on any atom is 0.225 e. The lowest BCUT2D eigenvalue weighted by atomic mass is 9.89. The second-order valence-electron chi connectivity index (χ2n) is 5.72. The van der Waals surface area contributed by atoms with Crippen LogP contribution in [0.25, 0.3) is 0 Å². The average Bonchev–Trinajstić information content (AvgIpc) is 2.72. The first-order chi connectivity index (χ1) is 8.95. The summed E-state index contributed by atoms with van der Waals surface area (Å²) in [5, 5.41) is 2.18. The first kappa shape index (κ1) is 15.0. The normalized spacial score (nSPS) is 23.9. The van der Waals surface area contributed by atoms with Crippen molar-refractivity contribution in [1.82, 2.24) is 4.90 Å². The van der Waals surface area contributed by atoms with Gasteiger partial charge in [0.2, 0.25) is 5.91 Å². The molecular weight excluding hydrogens is 324 g/mol. The Morgan fingerprint density at radius 2 is 2.32 bits per heavy atom. The topological polar surface area (TPSA) is 46.3 Å². The highest BCUT2D eigenvalue weighted by atomic mass is 79.9. The van der Waals surface area contributed by atoms with Crippen LogP contribution >= 0.6 is 27.3 Å². The van der Waals surface area contributed by atoms with Crippen molar-refractivity contribution in [3.8, 4) is 0 Å². The van der Waals surface area contributed by atoms with Crippen LogP contribution in [0.15, 0.2) is 15.2 Å². The van der Waals surface area contributed by atoms with Crippen molar-refractivity contribution in [2.24, 2.45) is 17.6 Å². The van der Waals surface area contributed by atoms with E-state index in [2.05, 4.69) is 27.4 Å². The van der Waals surface area contributed by atoms with Crippen molar-refractivity contribution in [3.05, 3.63) is 20.8 Å². The number of piperidine rings is 1. The first-order valence-electron chi connectivity index (χ1n) is 6.73. The third kappa shape index (κ3) is 4.04. The van der Waals surface area contributed by atoms with Crippen LogP contribution in [-0.2, 0) is 11.2 Å². The van der Waals surface area contributed by atoms with Gasteiger partial charge in [-0.2, -0.15) is 0 Å². The lowest BCUT2D eigenvalue weighted by Gasteiger charge is -2.37. The summed E-state index contributed by atoms with van der Waals surface area (Å²) < 4.78 is 1.16. The van der Waals surface area contributed by atoms with E-state index in [4.69, 9.17) is 5.73 Å². The van der Waals surface area contributed by atoms with Crippen LogP contribution in [0, 0.1) is 11.8 Å². The van der Waals surface area contributed by atoms with Crippen LogP contribution in [0.4, 0.5) is 0 Å². The Hall–Kier alpha value is -0.390. The van der Waals surface area contributed by atoms with Gasteiger partial charge in [0, 0.05) is 25.0 Å².